The quantitative estimate of drug-likeness (QED) is 0.749. The van der Waals surface area contributed by atoms with Crippen LogP contribution in [0.25, 0.3) is 16.2 Å². The standard InChI is InChI=1S/C15H15FN4O2S/c1-8(2)12(13(21)22)18-14-19-20-7-11(17-15(20)23-14)9-3-5-10(16)6-4-9/h3-8,12H,1-2H3,(H,18,19)(H,21,22)/t12-/m0/s1. The van der Waals surface area contributed by atoms with E-state index in [-0.39, 0.29) is 11.7 Å². The number of carboxylic acid groups (broad SMARTS) is 1. The van der Waals surface area contributed by atoms with Crippen molar-refractivity contribution in [2.75, 3.05) is 5.32 Å². The van der Waals surface area contributed by atoms with Crippen LogP contribution in [0.5, 0.6) is 0 Å². The molecule has 0 fully saturated rings. The highest BCUT2D eigenvalue weighted by Gasteiger charge is 2.23. The predicted molar refractivity (Wildman–Crippen MR) is 86.1 cm³/mol. The Labute approximate surface area is 135 Å². The number of carboxylic acids is 1. The monoisotopic (exact) mass is 334 g/mol. The molecule has 3 aromatic rings. The largest absolute Gasteiger partial charge is 0.480 e. The third-order valence-corrected chi connectivity index (χ3v) is 4.25. The van der Waals surface area contributed by atoms with Crippen LogP contribution in [0.2, 0.25) is 0 Å². The summed E-state index contributed by atoms with van der Waals surface area (Å²) in [5.74, 6) is -1.29. The number of nitrogens with zero attached hydrogens (tertiary/aromatic N) is 3. The number of hydrogen-bond donors (Lipinski definition) is 2. The summed E-state index contributed by atoms with van der Waals surface area (Å²) in [6.45, 7) is 3.66. The van der Waals surface area contributed by atoms with Gasteiger partial charge in [0.15, 0.2) is 0 Å². The first-order chi connectivity index (χ1) is 10.9. The zero-order chi connectivity index (χ0) is 16.6. The van der Waals surface area contributed by atoms with Crippen molar-refractivity contribution in [3.05, 3.63) is 36.3 Å². The van der Waals surface area contributed by atoms with Gasteiger partial charge in [0, 0.05) is 5.56 Å². The fourth-order valence-electron chi connectivity index (χ4n) is 2.16. The third kappa shape index (κ3) is 3.16. The number of carbonyl (C=O) groups is 1. The highest BCUT2D eigenvalue weighted by molar-refractivity contribution is 7.20. The van der Waals surface area contributed by atoms with Gasteiger partial charge in [0.05, 0.1) is 11.9 Å². The molecule has 6 nitrogen and oxygen atoms in total. The molecule has 1 atom stereocenters. The number of aromatic nitrogens is 3. The van der Waals surface area contributed by atoms with Gasteiger partial charge in [-0.15, -0.1) is 5.10 Å². The van der Waals surface area contributed by atoms with E-state index in [1.165, 1.54) is 23.5 Å². The van der Waals surface area contributed by atoms with Crippen molar-refractivity contribution < 1.29 is 14.3 Å². The van der Waals surface area contributed by atoms with Gasteiger partial charge in [-0.3, -0.25) is 0 Å². The average Bonchev–Trinajstić information content (AvgIpc) is 3.03. The van der Waals surface area contributed by atoms with Crippen molar-refractivity contribution >= 4 is 27.4 Å². The van der Waals surface area contributed by atoms with E-state index in [0.717, 1.165) is 5.56 Å². The number of nitrogens with one attached hydrogen (secondary N) is 1. The molecule has 0 amide bonds. The highest BCUT2D eigenvalue weighted by atomic mass is 32.1. The molecule has 0 aliphatic carbocycles. The van der Waals surface area contributed by atoms with E-state index in [1.807, 2.05) is 13.8 Å². The lowest BCUT2D eigenvalue weighted by molar-refractivity contribution is -0.138. The van der Waals surface area contributed by atoms with E-state index < -0.39 is 12.0 Å². The van der Waals surface area contributed by atoms with Crippen molar-refractivity contribution in [3.8, 4) is 11.3 Å². The maximum Gasteiger partial charge on any atom is 0.326 e. The van der Waals surface area contributed by atoms with Gasteiger partial charge in [-0.25, -0.2) is 18.7 Å². The van der Waals surface area contributed by atoms with Crippen molar-refractivity contribution in [3.63, 3.8) is 0 Å². The zero-order valence-electron chi connectivity index (χ0n) is 12.5. The van der Waals surface area contributed by atoms with E-state index in [9.17, 15) is 14.3 Å². The summed E-state index contributed by atoms with van der Waals surface area (Å²) in [5, 5.41) is 16.9. The third-order valence-electron chi connectivity index (χ3n) is 3.39. The van der Waals surface area contributed by atoms with Gasteiger partial charge < -0.3 is 10.4 Å². The summed E-state index contributed by atoms with van der Waals surface area (Å²) in [5.41, 5.74) is 1.48. The minimum Gasteiger partial charge on any atom is -0.480 e. The molecule has 1 aromatic carbocycles. The lowest BCUT2D eigenvalue weighted by Crippen LogP contribution is -2.34. The van der Waals surface area contributed by atoms with Crippen LogP contribution in [0.4, 0.5) is 9.52 Å². The van der Waals surface area contributed by atoms with E-state index >= 15 is 0 Å². The summed E-state index contributed by atoms with van der Waals surface area (Å²) in [6, 6.07) is 5.36. The SMILES string of the molecule is CC(C)[C@H](Nc1nn2cc(-c3ccc(F)cc3)nc2s1)C(=O)O. The molecular weight excluding hydrogens is 319 g/mol. The molecule has 2 aromatic heterocycles. The molecule has 2 N–H and O–H groups in total. The summed E-state index contributed by atoms with van der Waals surface area (Å²) in [4.78, 5) is 16.3. The molecule has 120 valence electrons. The van der Waals surface area contributed by atoms with Crippen molar-refractivity contribution in [1.29, 1.82) is 0 Å². The lowest BCUT2D eigenvalue weighted by Gasteiger charge is -2.16. The fourth-order valence-corrected chi connectivity index (χ4v) is 2.98. The lowest BCUT2D eigenvalue weighted by atomic mass is 10.1. The summed E-state index contributed by atoms with van der Waals surface area (Å²) in [7, 11) is 0. The molecule has 2 heterocycles. The molecule has 0 radical (unpaired) electrons. The Balaban J connectivity index is 1.85. The van der Waals surface area contributed by atoms with Crippen LogP contribution in [-0.4, -0.2) is 31.7 Å². The number of halogens is 1. The predicted octanol–water partition coefficient (Wildman–Crippen LogP) is 3.12. The van der Waals surface area contributed by atoms with Crippen molar-refractivity contribution in [1.82, 2.24) is 14.6 Å². The van der Waals surface area contributed by atoms with Crippen molar-refractivity contribution in [2.45, 2.75) is 19.9 Å². The van der Waals surface area contributed by atoms with Gasteiger partial charge in [-0.05, 0) is 30.2 Å². The molecule has 0 unspecified atom stereocenters. The topological polar surface area (TPSA) is 79.5 Å². The van der Waals surface area contributed by atoms with Gasteiger partial charge >= 0.3 is 5.97 Å². The highest BCUT2D eigenvalue weighted by Crippen LogP contribution is 2.25. The molecule has 0 aliphatic rings. The Morgan fingerprint density at radius 2 is 2.04 bits per heavy atom. The summed E-state index contributed by atoms with van der Waals surface area (Å²) >= 11 is 1.27. The Bertz CT molecular complexity index is 809. The molecule has 0 bridgehead atoms. The van der Waals surface area contributed by atoms with E-state index in [1.54, 1.807) is 22.8 Å². The van der Waals surface area contributed by atoms with Gasteiger partial charge in [0.1, 0.15) is 11.9 Å². The van der Waals surface area contributed by atoms with Crippen LogP contribution >= 0.6 is 11.3 Å². The van der Waals surface area contributed by atoms with Crippen LogP contribution < -0.4 is 5.32 Å². The maximum absolute atomic E-state index is 13.0. The van der Waals surface area contributed by atoms with Gasteiger partial charge in [-0.1, -0.05) is 25.2 Å². The van der Waals surface area contributed by atoms with E-state index in [4.69, 9.17) is 0 Å². The molecule has 8 heteroatoms. The normalized spacial score (nSPS) is 12.7. The van der Waals surface area contributed by atoms with Gasteiger partial charge in [0.2, 0.25) is 10.1 Å². The molecule has 0 aliphatic heterocycles. The number of fused-ring (bicyclic) bond motifs is 1. The minimum absolute atomic E-state index is 0.0708. The number of anilines is 1. The van der Waals surface area contributed by atoms with Crippen LogP contribution in [-0.2, 0) is 4.79 Å². The van der Waals surface area contributed by atoms with E-state index in [0.29, 0.717) is 15.8 Å². The number of rotatable bonds is 5. The number of benzene rings is 1. The Morgan fingerprint density at radius 1 is 1.35 bits per heavy atom. The van der Waals surface area contributed by atoms with Crippen LogP contribution in [0, 0.1) is 11.7 Å². The molecule has 3 rings (SSSR count). The summed E-state index contributed by atoms with van der Waals surface area (Å²) in [6.07, 6.45) is 1.73. The Hall–Kier alpha value is -2.48. The molecule has 0 saturated carbocycles. The van der Waals surface area contributed by atoms with E-state index in [2.05, 4.69) is 15.4 Å². The molecular formula is C15H15FN4O2S. The van der Waals surface area contributed by atoms with Crippen LogP contribution in [0.1, 0.15) is 13.8 Å². The molecule has 23 heavy (non-hydrogen) atoms. The first-order valence-electron chi connectivity index (χ1n) is 7.05. The second kappa shape index (κ2) is 5.96. The molecule has 0 saturated heterocycles. The Morgan fingerprint density at radius 3 is 2.61 bits per heavy atom. The smallest absolute Gasteiger partial charge is 0.326 e. The summed E-state index contributed by atoms with van der Waals surface area (Å²) < 4.78 is 14.5. The van der Waals surface area contributed by atoms with Gasteiger partial charge in [-0.2, -0.15) is 0 Å². The zero-order valence-corrected chi connectivity index (χ0v) is 13.3. The fraction of sp³-hybridized carbons (Fsp3) is 0.267. The molecule has 0 spiro atoms. The minimum atomic E-state index is -0.917. The van der Waals surface area contributed by atoms with Crippen LogP contribution in [0.15, 0.2) is 30.5 Å². The number of aliphatic carboxylic acids is 1. The first kappa shape index (κ1) is 15.4. The second-order valence-electron chi connectivity index (χ2n) is 5.47. The first-order valence-corrected chi connectivity index (χ1v) is 7.87. The van der Waals surface area contributed by atoms with Crippen molar-refractivity contribution in [2.24, 2.45) is 5.92 Å². The maximum atomic E-state index is 13.0. The Kier molecular flexibility index (Phi) is 3.99. The number of imidazole rings is 1. The van der Waals surface area contributed by atoms with Gasteiger partial charge in [0.25, 0.3) is 0 Å². The average molecular weight is 334 g/mol. The van der Waals surface area contributed by atoms with Crippen LogP contribution in [0.3, 0.4) is 0 Å². The second-order valence-corrected chi connectivity index (χ2v) is 6.43. The number of hydrogen-bond acceptors (Lipinski definition) is 5.